The molecule has 100 valence electrons. The summed E-state index contributed by atoms with van der Waals surface area (Å²) in [5.74, 6) is 0. The first-order valence-corrected chi connectivity index (χ1v) is 6.88. The van der Waals surface area contributed by atoms with Gasteiger partial charge in [-0.25, -0.2) is 0 Å². The van der Waals surface area contributed by atoms with Crippen molar-refractivity contribution in [3.05, 3.63) is 29.8 Å². The van der Waals surface area contributed by atoms with Gasteiger partial charge in [0.2, 0.25) is 0 Å². The fourth-order valence-corrected chi connectivity index (χ4v) is 2.62. The molecule has 1 heterocycles. The van der Waals surface area contributed by atoms with Crippen LogP contribution in [0.2, 0.25) is 0 Å². The molecule has 1 aromatic rings. The van der Waals surface area contributed by atoms with E-state index in [4.69, 9.17) is 4.74 Å². The second-order valence-electron chi connectivity index (χ2n) is 4.96. The van der Waals surface area contributed by atoms with Gasteiger partial charge in [0.15, 0.2) is 0 Å². The second-order valence-corrected chi connectivity index (χ2v) is 4.96. The molecule has 0 amide bonds. The molecule has 0 radical (unpaired) electrons. The molecule has 3 nitrogen and oxygen atoms in total. The van der Waals surface area contributed by atoms with Crippen molar-refractivity contribution in [3.8, 4) is 0 Å². The van der Waals surface area contributed by atoms with Crippen molar-refractivity contribution in [3.63, 3.8) is 0 Å². The topological polar surface area (TPSA) is 24.5 Å². The van der Waals surface area contributed by atoms with E-state index in [2.05, 4.69) is 48.3 Å². The molecule has 2 rings (SSSR count). The monoisotopic (exact) mass is 248 g/mol. The van der Waals surface area contributed by atoms with Crippen molar-refractivity contribution in [1.29, 1.82) is 0 Å². The summed E-state index contributed by atoms with van der Waals surface area (Å²) in [6.07, 6.45) is 1.11. The number of hydrogen-bond acceptors (Lipinski definition) is 3. The summed E-state index contributed by atoms with van der Waals surface area (Å²) in [6, 6.07) is 9.87. The van der Waals surface area contributed by atoms with Crippen LogP contribution >= 0.6 is 0 Å². The Morgan fingerprint density at radius 2 is 2.11 bits per heavy atom. The standard InChI is InChI=1S/C15H24N2O/c1-4-15(16-3)13-5-7-14(8-6-13)17-9-10-18-11-12(17)2/h5-8,12,15-16H,4,9-11H2,1-3H3. The van der Waals surface area contributed by atoms with E-state index in [-0.39, 0.29) is 0 Å². The van der Waals surface area contributed by atoms with Gasteiger partial charge in [-0.2, -0.15) is 0 Å². The minimum absolute atomic E-state index is 0.459. The predicted molar refractivity (Wildman–Crippen MR) is 76.2 cm³/mol. The van der Waals surface area contributed by atoms with Crippen molar-refractivity contribution in [1.82, 2.24) is 5.32 Å². The molecule has 18 heavy (non-hydrogen) atoms. The summed E-state index contributed by atoms with van der Waals surface area (Å²) >= 11 is 0. The van der Waals surface area contributed by atoms with E-state index >= 15 is 0 Å². The third-order valence-corrected chi connectivity index (χ3v) is 3.75. The van der Waals surface area contributed by atoms with Gasteiger partial charge in [0.05, 0.1) is 13.2 Å². The molecule has 0 spiro atoms. The van der Waals surface area contributed by atoms with Crippen molar-refractivity contribution < 1.29 is 4.74 Å². The molecular weight excluding hydrogens is 224 g/mol. The van der Waals surface area contributed by atoms with Crippen molar-refractivity contribution in [2.75, 3.05) is 31.7 Å². The van der Waals surface area contributed by atoms with Crippen LogP contribution in [0.1, 0.15) is 31.9 Å². The first-order valence-electron chi connectivity index (χ1n) is 6.88. The highest BCUT2D eigenvalue weighted by molar-refractivity contribution is 5.49. The number of nitrogens with zero attached hydrogens (tertiary/aromatic N) is 1. The molecule has 1 aromatic carbocycles. The Morgan fingerprint density at radius 1 is 1.39 bits per heavy atom. The Morgan fingerprint density at radius 3 is 2.67 bits per heavy atom. The second kappa shape index (κ2) is 6.21. The van der Waals surface area contributed by atoms with E-state index in [1.165, 1.54) is 11.3 Å². The first-order chi connectivity index (χ1) is 8.76. The average molecular weight is 248 g/mol. The minimum Gasteiger partial charge on any atom is -0.377 e. The lowest BCUT2D eigenvalue weighted by Crippen LogP contribution is -2.43. The molecule has 0 aliphatic carbocycles. The van der Waals surface area contributed by atoms with Gasteiger partial charge < -0.3 is 15.0 Å². The lowest BCUT2D eigenvalue weighted by Gasteiger charge is -2.35. The van der Waals surface area contributed by atoms with Crippen molar-refractivity contribution in [2.45, 2.75) is 32.4 Å². The van der Waals surface area contributed by atoms with Gasteiger partial charge in [0.1, 0.15) is 0 Å². The maximum absolute atomic E-state index is 5.48. The van der Waals surface area contributed by atoms with Crippen LogP contribution in [-0.4, -0.2) is 32.8 Å². The highest BCUT2D eigenvalue weighted by Gasteiger charge is 2.19. The lowest BCUT2D eigenvalue weighted by atomic mass is 10.0. The maximum Gasteiger partial charge on any atom is 0.0668 e. The molecular formula is C15H24N2O. The van der Waals surface area contributed by atoms with Crippen LogP contribution in [0.3, 0.4) is 0 Å². The number of anilines is 1. The molecule has 1 aliphatic rings. The summed E-state index contributed by atoms with van der Waals surface area (Å²) in [7, 11) is 2.02. The molecule has 0 saturated carbocycles. The summed E-state index contributed by atoms with van der Waals surface area (Å²) < 4.78 is 5.48. The Kier molecular flexibility index (Phi) is 4.61. The Hall–Kier alpha value is -1.06. The molecule has 1 saturated heterocycles. The van der Waals surface area contributed by atoms with Crippen LogP contribution in [0.4, 0.5) is 5.69 Å². The number of morpholine rings is 1. The highest BCUT2D eigenvalue weighted by Crippen LogP contribution is 2.23. The number of hydrogen-bond donors (Lipinski definition) is 1. The fourth-order valence-electron chi connectivity index (χ4n) is 2.62. The van der Waals surface area contributed by atoms with Crippen LogP contribution < -0.4 is 10.2 Å². The van der Waals surface area contributed by atoms with Gasteiger partial charge >= 0.3 is 0 Å². The number of rotatable bonds is 4. The Labute approximate surface area is 110 Å². The van der Waals surface area contributed by atoms with E-state index < -0.39 is 0 Å². The van der Waals surface area contributed by atoms with Crippen molar-refractivity contribution >= 4 is 5.69 Å². The first kappa shape index (κ1) is 13.4. The van der Waals surface area contributed by atoms with Gasteiger partial charge in [-0.1, -0.05) is 19.1 Å². The van der Waals surface area contributed by atoms with Crippen LogP contribution in [0, 0.1) is 0 Å². The summed E-state index contributed by atoms with van der Waals surface area (Å²) in [5.41, 5.74) is 2.67. The largest absolute Gasteiger partial charge is 0.377 e. The molecule has 0 bridgehead atoms. The fraction of sp³-hybridized carbons (Fsp3) is 0.600. The average Bonchev–Trinajstić information content (AvgIpc) is 2.42. The Balaban J connectivity index is 2.11. The third-order valence-electron chi connectivity index (χ3n) is 3.75. The zero-order valence-electron chi connectivity index (χ0n) is 11.6. The highest BCUT2D eigenvalue weighted by atomic mass is 16.5. The number of nitrogens with one attached hydrogen (secondary N) is 1. The smallest absolute Gasteiger partial charge is 0.0668 e. The van der Waals surface area contributed by atoms with E-state index in [0.717, 1.165) is 26.2 Å². The van der Waals surface area contributed by atoms with Crippen molar-refractivity contribution in [2.24, 2.45) is 0 Å². The molecule has 2 atom stereocenters. The summed E-state index contributed by atoms with van der Waals surface area (Å²) in [5, 5.41) is 3.34. The van der Waals surface area contributed by atoms with E-state index in [1.807, 2.05) is 7.05 Å². The lowest BCUT2D eigenvalue weighted by molar-refractivity contribution is 0.0989. The van der Waals surface area contributed by atoms with Crippen LogP contribution in [0.25, 0.3) is 0 Å². The molecule has 1 aliphatic heterocycles. The normalized spacial score (nSPS) is 21.9. The van der Waals surface area contributed by atoms with Gasteiger partial charge in [-0.3, -0.25) is 0 Å². The van der Waals surface area contributed by atoms with E-state index in [0.29, 0.717) is 12.1 Å². The van der Waals surface area contributed by atoms with Gasteiger partial charge in [-0.05, 0) is 38.1 Å². The summed E-state index contributed by atoms with van der Waals surface area (Å²) in [4.78, 5) is 2.42. The van der Waals surface area contributed by atoms with Gasteiger partial charge in [-0.15, -0.1) is 0 Å². The zero-order valence-corrected chi connectivity index (χ0v) is 11.6. The van der Waals surface area contributed by atoms with Crippen LogP contribution in [-0.2, 0) is 4.74 Å². The van der Waals surface area contributed by atoms with Crippen LogP contribution in [0.15, 0.2) is 24.3 Å². The molecule has 1 fully saturated rings. The third kappa shape index (κ3) is 2.85. The summed E-state index contributed by atoms with van der Waals surface area (Å²) in [6.45, 7) is 7.08. The number of benzene rings is 1. The van der Waals surface area contributed by atoms with Crippen LogP contribution in [0.5, 0.6) is 0 Å². The Bertz CT molecular complexity index is 359. The zero-order chi connectivity index (χ0) is 13.0. The molecule has 0 aromatic heterocycles. The predicted octanol–water partition coefficient (Wildman–Crippen LogP) is 2.58. The quantitative estimate of drug-likeness (QED) is 0.886. The van der Waals surface area contributed by atoms with Gasteiger partial charge in [0, 0.05) is 24.3 Å². The SMILES string of the molecule is CCC(NC)c1ccc(N2CCOCC2C)cc1. The molecule has 1 N–H and O–H groups in total. The molecule has 2 unspecified atom stereocenters. The minimum atomic E-state index is 0.459. The molecule has 3 heteroatoms. The van der Waals surface area contributed by atoms with E-state index in [1.54, 1.807) is 0 Å². The van der Waals surface area contributed by atoms with Gasteiger partial charge in [0.25, 0.3) is 0 Å². The number of ether oxygens (including phenoxy) is 1. The maximum atomic E-state index is 5.48. The van der Waals surface area contributed by atoms with E-state index in [9.17, 15) is 0 Å².